The Morgan fingerprint density at radius 2 is 1.96 bits per heavy atom. The maximum absolute atomic E-state index is 5.44. The van der Waals surface area contributed by atoms with Crippen molar-refractivity contribution >= 4 is 5.96 Å². The van der Waals surface area contributed by atoms with Crippen molar-refractivity contribution in [2.24, 2.45) is 4.99 Å². The summed E-state index contributed by atoms with van der Waals surface area (Å²) in [5, 5.41) is 6.75. The van der Waals surface area contributed by atoms with Gasteiger partial charge >= 0.3 is 0 Å². The highest BCUT2D eigenvalue weighted by atomic mass is 16.5. The van der Waals surface area contributed by atoms with Gasteiger partial charge in [0.05, 0.1) is 19.8 Å². The van der Waals surface area contributed by atoms with Gasteiger partial charge < -0.3 is 24.8 Å². The van der Waals surface area contributed by atoms with Gasteiger partial charge in [0, 0.05) is 53.6 Å². The Balaban J connectivity index is 2.11. The molecule has 0 aromatic rings. The zero-order valence-electron chi connectivity index (χ0n) is 15.0. The molecule has 0 saturated carbocycles. The summed E-state index contributed by atoms with van der Waals surface area (Å²) in [4.78, 5) is 6.77. The Hall–Kier alpha value is -0.890. The van der Waals surface area contributed by atoms with Gasteiger partial charge in [0.25, 0.3) is 0 Å². The summed E-state index contributed by atoms with van der Waals surface area (Å²) in [5.74, 6) is 0.862. The lowest BCUT2D eigenvalue weighted by Crippen LogP contribution is -2.45. The van der Waals surface area contributed by atoms with Crippen molar-refractivity contribution in [1.82, 2.24) is 15.5 Å². The van der Waals surface area contributed by atoms with Gasteiger partial charge in [-0.3, -0.25) is 9.89 Å². The second-order valence-electron chi connectivity index (χ2n) is 5.66. The number of guanidine groups is 1. The van der Waals surface area contributed by atoms with Gasteiger partial charge in [-0.15, -0.1) is 0 Å². The van der Waals surface area contributed by atoms with Gasteiger partial charge in [0.1, 0.15) is 0 Å². The van der Waals surface area contributed by atoms with Crippen LogP contribution in [0.25, 0.3) is 0 Å². The monoisotopic (exact) mass is 330 g/mol. The molecule has 23 heavy (non-hydrogen) atoms. The van der Waals surface area contributed by atoms with Crippen LogP contribution in [0.5, 0.6) is 0 Å². The summed E-state index contributed by atoms with van der Waals surface area (Å²) >= 11 is 0. The third-order valence-corrected chi connectivity index (χ3v) is 4.00. The largest absolute Gasteiger partial charge is 0.383 e. The molecule has 7 nitrogen and oxygen atoms in total. The molecule has 1 heterocycles. The molecule has 1 aliphatic rings. The van der Waals surface area contributed by atoms with Crippen LogP contribution in [0.1, 0.15) is 19.3 Å². The van der Waals surface area contributed by atoms with Crippen LogP contribution in [0.3, 0.4) is 0 Å². The summed E-state index contributed by atoms with van der Waals surface area (Å²) in [5.41, 5.74) is 0. The Kier molecular flexibility index (Phi) is 11.9. The molecule has 1 saturated heterocycles. The van der Waals surface area contributed by atoms with E-state index in [1.54, 1.807) is 14.2 Å². The quantitative estimate of drug-likeness (QED) is 0.305. The van der Waals surface area contributed by atoms with E-state index in [0.717, 1.165) is 45.2 Å². The summed E-state index contributed by atoms with van der Waals surface area (Å²) in [7, 11) is 5.25. The van der Waals surface area contributed by atoms with E-state index in [0.29, 0.717) is 19.3 Å². The number of methoxy groups -OCH3 is 2. The Labute approximate surface area is 140 Å². The van der Waals surface area contributed by atoms with Crippen LogP contribution in [-0.2, 0) is 14.2 Å². The van der Waals surface area contributed by atoms with Crippen molar-refractivity contribution in [1.29, 1.82) is 0 Å². The van der Waals surface area contributed by atoms with Crippen LogP contribution < -0.4 is 10.6 Å². The van der Waals surface area contributed by atoms with Gasteiger partial charge in [-0.25, -0.2) is 0 Å². The Morgan fingerprint density at radius 1 is 1.13 bits per heavy atom. The lowest BCUT2D eigenvalue weighted by molar-refractivity contribution is 0.0698. The number of nitrogens with zero attached hydrogens (tertiary/aromatic N) is 2. The lowest BCUT2D eigenvalue weighted by Gasteiger charge is -2.25. The Morgan fingerprint density at radius 3 is 2.70 bits per heavy atom. The molecular weight excluding hydrogens is 296 g/mol. The number of hydrogen-bond donors (Lipinski definition) is 2. The molecule has 136 valence electrons. The standard InChI is InChI=1S/C16H34N4O3/c1-17-16(18-7-5-10-23-13-12-22-3)19-14-15-6-4-8-20(15)9-11-21-2/h15H,4-14H2,1-3H3,(H2,17,18,19). The first kappa shape index (κ1) is 20.2. The van der Waals surface area contributed by atoms with Crippen LogP contribution in [-0.4, -0.2) is 90.8 Å². The molecule has 1 atom stereocenters. The molecule has 1 rings (SSSR count). The van der Waals surface area contributed by atoms with Crippen molar-refractivity contribution in [3.05, 3.63) is 0 Å². The van der Waals surface area contributed by atoms with Crippen LogP contribution >= 0.6 is 0 Å². The van der Waals surface area contributed by atoms with Crippen molar-refractivity contribution in [2.45, 2.75) is 25.3 Å². The second kappa shape index (κ2) is 13.5. The SMILES string of the molecule is CN=C(NCCCOCCOC)NCC1CCCN1CCOC. The zero-order valence-corrected chi connectivity index (χ0v) is 15.0. The molecule has 0 radical (unpaired) electrons. The van der Waals surface area contributed by atoms with Crippen LogP contribution in [0, 0.1) is 0 Å². The number of rotatable bonds is 12. The van der Waals surface area contributed by atoms with E-state index in [-0.39, 0.29) is 0 Å². The van der Waals surface area contributed by atoms with E-state index in [9.17, 15) is 0 Å². The van der Waals surface area contributed by atoms with Gasteiger partial charge in [-0.05, 0) is 25.8 Å². The van der Waals surface area contributed by atoms with Gasteiger partial charge in [0.2, 0.25) is 0 Å². The Bertz CT molecular complexity index is 316. The molecule has 0 aromatic carbocycles. The zero-order chi connectivity index (χ0) is 16.8. The van der Waals surface area contributed by atoms with E-state index in [4.69, 9.17) is 14.2 Å². The number of nitrogens with one attached hydrogen (secondary N) is 2. The highest BCUT2D eigenvalue weighted by Crippen LogP contribution is 2.15. The molecule has 2 N–H and O–H groups in total. The normalized spacial score (nSPS) is 19.3. The van der Waals surface area contributed by atoms with Crippen molar-refractivity contribution in [3.8, 4) is 0 Å². The van der Waals surface area contributed by atoms with E-state index in [2.05, 4.69) is 20.5 Å². The smallest absolute Gasteiger partial charge is 0.191 e. The van der Waals surface area contributed by atoms with Crippen LogP contribution in [0.2, 0.25) is 0 Å². The molecule has 1 fully saturated rings. The van der Waals surface area contributed by atoms with Gasteiger partial charge in [-0.2, -0.15) is 0 Å². The van der Waals surface area contributed by atoms with Crippen molar-refractivity contribution < 1.29 is 14.2 Å². The maximum Gasteiger partial charge on any atom is 0.191 e. The molecule has 7 heteroatoms. The fraction of sp³-hybridized carbons (Fsp3) is 0.938. The fourth-order valence-electron chi connectivity index (χ4n) is 2.69. The molecule has 0 amide bonds. The topological polar surface area (TPSA) is 67.4 Å². The highest BCUT2D eigenvalue weighted by Gasteiger charge is 2.23. The van der Waals surface area contributed by atoms with Crippen molar-refractivity contribution in [3.63, 3.8) is 0 Å². The minimum Gasteiger partial charge on any atom is -0.383 e. The minimum atomic E-state index is 0.570. The summed E-state index contributed by atoms with van der Waals surface area (Å²) in [6.45, 7) is 6.79. The predicted molar refractivity (Wildman–Crippen MR) is 93.1 cm³/mol. The van der Waals surface area contributed by atoms with Crippen LogP contribution in [0.4, 0.5) is 0 Å². The average Bonchev–Trinajstić information content (AvgIpc) is 3.02. The lowest BCUT2D eigenvalue weighted by atomic mass is 10.2. The molecule has 1 unspecified atom stereocenters. The third-order valence-electron chi connectivity index (χ3n) is 4.00. The van der Waals surface area contributed by atoms with Gasteiger partial charge in [-0.1, -0.05) is 0 Å². The highest BCUT2D eigenvalue weighted by molar-refractivity contribution is 5.79. The predicted octanol–water partition coefficient (Wildman–Crippen LogP) is 0.315. The molecule has 0 spiro atoms. The van der Waals surface area contributed by atoms with E-state index >= 15 is 0 Å². The second-order valence-corrected chi connectivity index (χ2v) is 5.66. The van der Waals surface area contributed by atoms with Crippen molar-refractivity contribution in [2.75, 3.05) is 73.9 Å². The first-order chi connectivity index (χ1) is 11.3. The van der Waals surface area contributed by atoms with E-state index in [1.807, 2.05) is 7.05 Å². The molecular formula is C16H34N4O3. The molecule has 0 aromatic heterocycles. The number of aliphatic imine (C=N–C) groups is 1. The maximum atomic E-state index is 5.44. The number of likely N-dealkylation sites (tertiary alicyclic amines) is 1. The molecule has 0 aliphatic carbocycles. The van der Waals surface area contributed by atoms with E-state index in [1.165, 1.54) is 19.4 Å². The minimum absolute atomic E-state index is 0.570. The van der Waals surface area contributed by atoms with Crippen LogP contribution in [0.15, 0.2) is 4.99 Å². The molecule has 0 bridgehead atoms. The molecule has 1 aliphatic heterocycles. The summed E-state index contributed by atoms with van der Waals surface area (Å²) < 4.78 is 15.6. The number of ether oxygens (including phenoxy) is 3. The first-order valence-corrected chi connectivity index (χ1v) is 8.56. The first-order valence-electron chi connectivity index (χ1n) is 8.56. The third kappa shape index (κ3) is 9.10. The van der Waals surface area contributed by atoms with E-state index < -0.39 is 0 Å². The summed E-state index contributed by atoms with van der Waals surface area (Å²) in [6, 6.07) is 0.570. The number of hydrogen-bond acceptors (Lipinski definition) is 5. The summed E-state index contributed by atoms with van der Waals surface area (Å²) in [6.07, 6.45) is 3.45. The fourth-order valence-corrected chi connectivity index (χ4v) is 2.69. The average molecular weight is 330 g/mol. The van der Waals surface area contributed by atoms with Gasteiger partial charge in [0.15, 0.2) is 5.96 Å².